The Bertz CT molecular complexity index is 739. The van der Waals surface area contributed by atoms with Gasteiger partial charge in [0.15, 0.2) is 5.03 Å². The average Bonchev–Trinajstić information content (AvgIpc) is 3.01. The number of hydrogen-bond donors (Lipinski definition) is 2. The molecule has 0 fully saturated rings. The third kappa shape index (κ3) is 1.82. The molecule has 1 aliphatic rings. The molecule has 7 heteroatoms. The lowest BCUT2D eigenvalue weighted by molar-refractivity contribution is 0.278. The Morgan fingerprint density at radius 1 is 1.45 bits per heavy atom. The van der Waals surface area contributed by atoms with Gasteiger partial charge < -0.3 is 5.11 Å². The summed E-state index contributed by atoms with van der Waals surface area (Å²) in [6, 6.07) is 7.29. The minimum absolute atomic E-state index is 0.0384. The maximum Gasteiger partial charge on any atom is 0.281 e. The molecule has 1 unspecified atom stereocenters. The zero-order valence-corrected chi connectivity index (χ0v) is 11.8. The van der Waals surface area contributed by atoms with E-state index in [1.807, 2.05) is 25.1 Å². The van der Waals surface area contributed by atoms with E-state index in [1.54, 1.807) is 6.07 Å². The third-order valence-electron chi connectivity index (χ3n) is 3.51. The molecule has 2 heterocycles. The van der Waals surface area contributed by atoms with Gasteiger partial charge in [-0.05, 0) is 25.0 Å². The molecule has 20 heavy (non-hydrogen) atoms. The summed E-state index contributed by atoms with van der Waals surface area (Å²) in [6.07, 6.45) is 2.01. The second-order valence-electron chi connectivity index (χ2n) is 4.87. The van der Waals surface area contributed by atoms with Gasteiger partial charge in [-0.2, -0.15) is 13.5 Å². The summed E-state index contributed by atoms with van der Waals surface area (Å²) in [7, 11) is -3.75. The van der Waals surface area contributed by atoms with Crippen molar-refractivity contribution in [3.05, 3.63) is 41.6 Å². The number of hydrogen-bond acceptors (Lipinski definition) is 4. The Kier molecular flexibility index (Phi) is 3.02. The minimum atomic E-state index is -3.75. The van der Waals surface area contributed by atoms with Crippen LogP contribution in [0.15, 0.2) is 35.5 Å². The number of aromatic nitrogens is 2. The summed E-state index contributed by atoms with van der Waals surface area (Å²) in [5.41, 5.74) is 1.98. The van der Waals surface area contributed by atoms with Crippen LogP contribution in [0, 0.1) is 0 Å². The molecule has 0 radical (unpaired) electrons. The van der Waals surface area contributed by atoms with Crippen molar-refractivity contribution in [1.82, 2.24) is 10.2 Å². The van der Waals surface area contributed by atoms with E-state index in [0.29, 0.717) is 12.1 Å². The smallest absolute Gasteiger partial charge is 0.281 e. The van der Waals surface area contributed by atoms with Crippen LogP contribution in [0.5, 0.6) is 0 Å². The van der Waals surface area contributed by atoms with Crippen LogP contribution >= 0.6 is 0 Å². The number of H-pyrrole nitrogens is 1. The molecule has 106 valence electrons. The number of aromatic amines is 1. The van der Waals surface area contributed by atoms with Gasteiger partial charge in [-0.3, -0.25) is 9.40 Å². The molecule has 0 spiro atoms. The third-order valence-corrected chi connectivity index (χ3v) is 5.45. The largest absolute Gasteiger partial charge is 0.392 e. The van der Waals surface area contributed by atoms with Crippen LogP contribution < -0.4 is 4.31 Å². The van der Waals surface area contributed by atoms with E-state index in [-0.39, 0.29) is 23.2 Å². The van der Waals surface area contributed by atoms with Crippen molar-refractivity contribution in [1.29, 1.82) is 0 Å². The van der Waals surface area contributed by atoms with Gasteiger partial charge >= 0.3 is 0 Å². The Balaban J connectivity index is 2.13. The number of nitrogens with one attached hydrogen (secondary N) is 1. The van der Waals surface area contributed by atoms with Crippen molar-refractivity contribution in [3.8, 4) is 0 Å². The number of aliphatic hydroxyl groups excluding tert-OH is 1. The molecular weight excluding hydrogens is 278 g/mol. The number of nitrogens with zero attached hydrogens (tertiary/aromatic N) is 2. The quantitative estimate of drug-likeness (QED) is 0.885. The summed E-state index contributed by atoms with van der Waals surface area (Å²) >= 11 is 0. The van der Waals surface area contributed by atoms with E-state index in [0.717, 1.165) is 5.56 Å². The summed E-state index contributed by atoms with van der Waals surface area (Å²) in [5.74, 6) is 0. The Morgan fingerprint density at radius 2 is 2.20 bits per heavy atom. The Labute approximate surface area is 117 Å². The highest BCUT2D eigenvalue weighted by atomic mass is 32.2. The van der Waals surface area contributed by atoms with Crippen LogP contribution in [0.4, 0.5) is 5.69 Å². The second kappa shape index (κ2) is 4.60. The van der Waals surface area contributed by atoms with Gasteiger partial charge in [0, 0.05) is 11.6 Å². The fourth-order valence-electron chi connectivity index (χ4n) is 2.64. The topological polar surface area (TPSA) is 86.3 Å². The molecule has 2 aromatic rings. The lowest BCUT2D eigenvalue weighted by atomic mass is 10.1. The first-order chi connectivity index (χ1) is 9.55. The standard InChI is InChI=1S/C13H15N3O3S/c1-9-6-10-4-2-3-5-12(10)16(9)20(18,19)13-11(8-17)7-14-15-13/h2-5,7,9,17H,6,8H2,1H3,(H,14,15). The van der Waals surface area contributed by atoms with Crippen LogP contribution in [0.3, 0.4) is 0 Å². The van der Waals surface area contributed by atoms with Gasteiger partial charge in [0.25, 0.3) is 10.0 Å². The molecule has 0 saturated carbocycles. The van der Waals surface area contributed by atoms with Crippen LogP contribution in [-0.2, 0) is 23.1 Å². The molecule has 0 aliphatic carbocycles. The minimum Gasteiger partial charge on any atom is -0.392 e. The summed E-state index contributed by atoms with van der Waals surface area (Å²) < 4.78 is 27.0. The number of anilines is 1. The second-order valence-corrected chi connectivity index (χ2v) is 6.62. The van der Waals surface area contributed by atoms with Crippen molar-refractivity contribution < 1.29 is 13.5 Å². The van der Waals surface area contributed by atoms with Crippen molar-refractivity contribution in [2.75, 3.05) is 4.31 Å². The zero-order valence-electron chi connectivity index (χ0n) is 10.9. The van der Waals surface area contributed by atoms with Crippen molar-refractivity contribution in [3.63, 3.8) is 0 Å². The van der Waals surface area contributed by atoms with E-state index in [9.17, 15) is 13.5 Å². The number of fused-ring (bicyclic) bond motifs is 1. The lowest BCUT2D eigenvalue weighted by Crippen LogP contribution is -2.36. The Hall–Kier alpha value is -1.86. The summed E-state index contributed by atoms with van der Waals surface area (Å²) in [4.78, 5) is 0. The number of rotatable bonds is 3. The summed E-state index contributed by atoms with van der Waals surface area (Å²) in [6.45, 7) is 1.50. The van der Waals surface area contributed by atoms with E-state index >= 15 is 0 Å². The molecule has 1 aromatic carbocycles. The van der Waals surface area contributed by atoms with Crippen molar-refractivity contribution >= 4 is 15.7 Å². The van der Waals surface area contributed by atoms with Crippen molar-refractivity contribution in [2.24, 2.45) is 0 Å². The van der Waals surface area contributed by atoms with E-state index in [4.69, 9.17) is 0 Å². The predicted molar refractivity (Wildman–Crippen MR) is 73.8 cm³/mol. The molecule has 0 bridgehead atoms. The first kappa shape index (κ1) is 13.1. The SMILES string of the molecule is CC1Cc2ccccc2N1S(=O)(=O)c1[nH]ncc1CO. The number of benzene rings is 1. The monoisotopic (exact) mass is 293 g/mol. The van der Waals surface area contributed by atoms with E-state index < -0.39 is 10.0 Å². The molecule has 1 atom stereocenters. The first-order valence-corrected chi connectivity index (χ1v) is 7.75. The van der Waals surface area contributed by atoms with Gasteiger partial charge in [-0.25, -0.2) is 0 Å². The molecule has 1 aliphatic heterocycles. The van der Waals surface area contributed by atoms with Crippen molar-refractivity contribution in [2.45, 2.75) is 31.0 Å². The van der Waals surface area contributed by atoms with Crippen LogP contribution in [0.2, 0.25) is 0 Å². The number of para-hydroxylation sites is 1. The maximum atomic E-state index is 12.8. The van der Waals surface area contributed by atoms with Crippen LogP contribution in [-0.4, -0.2) is 29.8 Å². The van der Waals surface area contributed by atoms with Gasteiger partial charge in [0.1, 0.15) is 0 Å². The van der Waals surface area contributed by atoms with Gasteiger partial charge in [0.2, 0.25) is 0 Å². The van der Waals surface area contributed by atoms with Gasteiger partial charge in [-0.15, -0.1) is 0 Å². The van der Waals surface area contributed by atoms with Crippen LogP contribution in [0.1, 0.15) is 18.1 Å². The molecule has 6 nitrogen and oxygen atoms in total. The first-order valence-electron chi connectivity index (χ1n) is 6.31. The molecule has 1 aromatic heterocycles. The van der Waals surface area contributed by atoms with Crippen LogP contribution in [0.25, 0.3) is 0 Å². The van der Waals surface area contributed by atoms with E-state index in [2.05, 4.69) is 10.2 Å². The Morgan fingerprint density at radius 3 is 2.95 bits per heavy atom. The molecule has 0 amide bonds. The average molecular weight is 293 g/mol. The summed E-state index contributed by atoms with van der Waals surface area (Å²) in [5, 5.41) is 15.4. The maximum absolute atomic E-state index is 12.8. The highest BCUT2D eigenvalue weighted by Crippen LogP contribution is 2.36. The molecule has 0 saturated heterocycles. The number of aliphatic hydroxyl groups is 1. The fraction of sp³-hybridized carbons (Fsp3) is 0.308. The number of sulfonamides is 1. The van der Waals surface area contributed by atoms with Gasteiger partial charge in [0.05, 0.1) is 18.5 Å². The lowest BCUT2D eigenvalue weighted by Gasteiger charge is -2.24. The normalized spacial score (nSPS) is 18.3. The molecule has 2 N–H and O–H groups in total. The highest BCUT2D eigenvalue weighted by Gasteiger charge is 2.37. The van der Waals surface area contributed by atoms with E-state index in [1.165, 1.54) is 10.5 Å². The van der Waals surface area contributed by atoms with Gasteiger partial charge in [-0.1, -0.05) is 18.2 Å². The predicted octanol–water partition coefficient (Wildman–Crippen LogP) is 1.04. The molecule has 3 rings (SSSR count). The fourth-order valence-corrected chi connectivity index (χ4v) is 4.44. The highest BCUT2D eigenvalue weighted by molar-refractivity contribution is 7.92. The molecular formula is C13H15N3O3S. The zero-order chi connectivity index (χ0) is 14.3.